The molecule has 0 bridgehead atoms. The summed E-state index contributed by atoms with van der Waals surface area (Å²) in [4.78, 5) is 17.9. The molecule has 6 nitrogen and oxygen atoms in total. The molecule has 0 saturated carbocycles. The molecule has 1 aromatic rings. The van der Waals surface area contributed by atoms with Gasteiger partial charge in [0, 0.05) is 19.5 Å². The predicted molar refractivity (Wildman–Crippen MR) is 61.2 cm³/mol. The molecule has 1 saturated heterocycles. The van der Waals surface area contributed by atoms with Gasteiger partial charge in [-0.1, -0.05) is 5.16 Å². The van der Waals surface area contributed by atoms with Gasteiger partial charge in [-0.2, -0.15) is 4.98 Å². The molecule has 2 heterocycles. The highest BCUT2D eigenvalue weighted by Crippen LogP contribution is 2.09. The Kier molecular flexibility index (Phi) is 4.08. The fourth-order valence-corrected chi connectivity index (χ4v) is 1.93. The smallest absolute Gasteiger partial charge is 0.230 e. The van der Waals surface area contributed by atoms with Crippen LogP contribution in [0.4, 0.5) is 0 Å². The van der Waals surface area contributed by atoms with Gasteiger partial charge in [0.15, 0.2) is 5.82 Å². The van der Waals surface area contributed by atoms with E-state index in [1.54, 1.807) is 0 Å². The second-order valence-electron chi connectivity index (χ2n) is 4.26. The third kappa shape index (κ3) is 3.26. The van der Waals surface area contributed by atoms with Crippen molar-refractivity contribution in [1.29, 1.82) is 0 Å². The average molecular weight is 238 g/mol. The van der Waals surface area contributed by atoms with E-state index in [2.05, 4.69) is 10.1 Å². The largest absolute Gasteiger partial charge is 0.342 e. The fraction of sp³-hybridized carbons (Fsp3) is 0.727. The summed E-state index contributed by atoms with van der Waals surface area (Å²) in [7, 11) is 0. The van der Waals surface area contributed by atoms with Gasteiger partial charge >= 0.3 is 0 Å². The molecule has 6 heteroatoms. The van der Waals surface area contributed by atoms with Gasteiger partial charge in [0.05, 0.1) is 6.42 Å². The van der Waals surface area contributed by atoms with Crippen molar-refractivity contribution in [2.24, 2.45) is 5.73 Å². The predicted octanol–water partition coefficient (Wildman–Crippen LogP) is 0.126. The lowest BCUT2D eigenvalue weighted by atomic mass is 10.3. The molecule has 0 radical (unpaired) electrons. The topological polar surface area (TPSA) is 85.2 Å². The van der Waals surface area contributed by atoms with Crippen molar-refractivity contribution >= 4 is 5.91 Å². The van der Waals surface area contributed by atoms with Crippen LogP contribution in [0.2, 0.25) is 0 Å². The van der Waals surface area contributed by atoms with E-state index in [0.29, 0.717) is 24.7 Å². The third-order valence-electron chi connectivity index (χ3n) is 2.87. The SMILES string of the molecule is NCCCc1nc(CC(=O)N2CCCC2)no1. The maximum absolute atomic E-state index is 11.8. The van der Waals surface area contributed by atoms with E-state index >= 15 is 0 Å². The first kappa shape index (κ1) is 12.0. The number of rotatable bonds is 5. The number of carbonyl (C=O) groups excluding carboxylic acids is 1. The van der Waals surface area contributed by atoms with E-state index in [1.807, 2.05) is 4.90 Å². The first-order valence-corrected chi connectivity index (χ1v) is 6.09. The molecular weight excluding hydrogens is 220 g/mol. The molecule has 2 rings (SSSR count). The van der Waals surface area contributed by atoms with E-state index in [0.717, 1.165) is 32.4 Å². The van der Waals surface area contributed by atoms with Crippen LogP contribution in [0.25, 0.3) is 0 Å². The molecule has 1 amide bonds. The molecule has 1 aliphatic heterocycles. The molecule has 17 heavy (non-hydrogen) atoms. The zero-order chi connectivity index (χ0) is 12.1. The summed E-state index contributed by atoms with van der Waals surface area (Å²) >= 11 is 0. The Bertz CT molecular complexity index is 371. The van der Waals surface area contributed by atoms with Crippen LogP contribution in [-0.4, -0.2) is 40.6 Å². The number of nitrogens with zero attached hydrogens (tertiary/aromatic N) is 3. The minimum absolute atomic E-state index is 0.0914. The highest BCUT2D eigenvalue weighted by Gasteiger charge is 2.20. The molecule has 94 valence electrons. The Morgan fingerprint density at radius 2 is 2.18 bits per heavy atom. The minimum Gasteiger partial charge on any atom is -0.342 e. The van der Waals surface area contributed by atoms with Crippen LogP contribution in [-0.2, 0) is 17.6 Å². The van der Waals surface area contributed by atoms with Crippen LogP contribution in [0.15, 0.2) is 4.52 Å². The molecule has 1 aliphatic rings. The van der Waals surface area contributed by atoms with Gasteiger partial charge < -0.3 is 15.2 Å². The van der Waals surface area contributed by atoms with Crippen molar-refractivity contribution in [2.45, 2.75) is 32.1 Å². The van der Waals surface area contributed by atoms with Crippen molar-refractivity contribution in [3.05, 3.63) is 11.7 Å². The molecule has 0 spiro atoms. The third-order valence-corrected chi connectivity index (χ3v) is 2.87. The Balaban J connectivity index is 1.85. The van der Waals surface area contributed by atoms with Crippen LogP contribution >= 0.6 is 0 Å². The molecule has 1 fully saturated rings. The summed E-state index contributed by atoms with van der Waals surface area (Å²) in [6.45, 7) is 2.32. The van der Waals surface area contributed by atoms with Gasteiger partial charge in [-0.05, 0) is 25.8 Å². The monoisotopic (exact) mass is 238 g/mol. The molecule has 0 unspecified atom stereocenters. The number of aromatic nitrogens is 2. The number of hydrogen-bond donors (Lipinski definition) is 1. The fourth-order valence-electron chi connectivity index (χ4n) is 1.93. The molecule has 0 aliphatic carbocycles. The number of hydrogen-bond acceptors (Lipinski definition) is 5. The Hall–Kier alpha value is -1.43. The first-order chi connectivity index (χ1) is 8.29. The van der Waals surface area contributed by atoms with Gasteiger partial charge in [-0.3, -0.25) is 4.79 Å². The lowest BCUT2D eigenvalue weighted by Gasteiger charge is -2.13. The van der Waals surface area contributed by atoms with Crippen molar-refractivity contribution in [2.75, 3.05) is 19.6 Å². The van der Waals surface area contributed by atoms with Crippen LogP contribution in [0.1, 0.15) is 31.0 Å². The second-order valence-corrected chi connectivity index (χ2v) is 4.26. The summed E-state index contributed by atoms with van der Waals surface area (Å²) in [5, 5.41) is 3.81. The van der Waals surface area contributed by atoms with Gasteiger partial charge in [-0.15, -0.1) is 0 Å². The summed E-state index contributed by atoms with van der Waals surface area (Å²) in [6.07, 6.45) is 3.94. The van der Waals surface area contributed by atoms with Crippen molar-refractivity contribution in [1.82, 2.24) is 15.0 Å². The summed E-state index contributed by atoms with van der Waals surface area (Å²) in [6, 6.07) is 0. The van der Waals surface area contributed by atoms with Gasteiger partial charge in [0.2, 0.25) is 11.8 Å². The number of aryl methyl sites for hydroxylation is 1. The number of nitrogens with two attached hydrogens (primary N) is 1. The maximum Gasteiger partial charge on any atom is 0.230 e. The Labute approximate surface area is 100 Å². The number of amides is 1. The summed E-state index contributed by atoms with van der Waals surface area (Å²) < 4.78 is 5.04. The van der Waals surface area contributed by atoms with Gasteiger partial charge in [0.1, 0.15) is 0 Å². The van der Waals surface area contributed by atoms with E-state index in [-0.39, 0.29) is 12.3 Å². The maximum atomic E-state index is 11.8. The summed E-state index contributed by atoms with van der Waals surface area (Å²) in [5.41, 5.74) is 5.40. The first-order valence-electron chi connectivity index (χ1n) is 6.09. The van der Waals surface area contributed by atoms with Crippen molar-refractivity contribution < 1.29 is 9.32 Å². The number of carbonyl (C=O) groups is 1. The Morgan fingerprint density at radius 3 is 2.88 bits per heavy atom. The second kappa shape index (κ2) is 5.77. The zero-order valence-corrected chi connectivity index (χ0v) is 9.89. The van der Waals surface area contributed by atoms with E-state index in [1.165, 1.54) is 0 Å². The quantitative estimate of drug-likeness (QED) is 0.787. The minimum atomic E-state index is 0.0914. The van der Waals surface area contributed by atoms with Gasteiger partial charge in [0.25, 0.3) is 0 Å². The molecule has 1 aromatic heterocycles. The highest BCUT2D eigenvalue weighted by molar-refractivity contribution is 5.78. The Morgan fingerprint density at radius 1 is 1.41 bits per heavy atom. The van der Waals surface area contributed by atoms with Crippen molar-refractivity contribution in [3.63, 3.8) is 0 Å². The summed E-state index contributed by atoms with van der Waals surface area (Å²) in [5.74, 6) is 1.14. The van der Waals surface area contributed by atoms with Gasteiger partial charge in [-0.25, -0.2) is 0 Å². The van der Waals surface area contributed by atoms with Crippen LogP contribution in [0.3, 0.4) is 0 Å². The normalized spacial score (nSPS) is 15.5. The highest BCUT2D eigenvalue weighted by atomic mass is 16.5. The molecule has 0 aromatic carbocycles. The van der Waals surface area contributed by atoms with Crippen LogP contribution in [0, 0.1) is 0 Å². The molecular formula is C11H18N4O2. The van der Waals surface area contributed by atoms with Crippen molar-refractivity contribution in [3.8, 4) is 0 Å². The lowest BCUT2D eigenvalue weighted by molar-refractivity contribution is -0.129. The average Bonchev–Trinajstić information content (AvgIpc) is 2.97. The molecule has 2 N–H and O–H groups in total. The van der Waals surface area contributed by atoms with E-state index in [9.17, 15) is 4.79 Å². The number of likely N-dealkylation sites (tertiary alicyclic amines) is 1. The van der Waals surface area contributed by atoms with E-state index < -0.39 is 0 Å². The zero-order valence-electron chi connectivity index (χ0n) is 9.89. The van der Waals surface area contributed by atoms with Crippen LogP contribution in [0.5, 0.6) is 0 Å². The van der Waals surface area contributed by atoms with Crippen LogP contribution < -0.4 is 5.73 Å². The standard InChI is InChI=1S/C11H18N4O2/c12-5-3-4-10-13-9(14-17-10)8-11(16)15-6-1-2-7-15/h1-8,12H2. The lowest BCUT2D eigenvalue weighted by Crippen LogP contribution is -2.29. The van der Waals surface area contributed by atoms with E-state index in [4.69, 9.17) is 10.3 Å². The molecule has 0 atom stereocenters.